The van der Waals surface area contributed by atoms with E-state index in [0.29, 0.717) is 17.8 Å². The highest BCUT2D eigenvalue weighted by molar-refractivity contribution is 5.42. The zero-order valence-electron chi connectivity index (χ0n) is 9.50. The molecule has 0 amide bonds. The number of hydrogen-bond donors (Lipinski definition) is 1. The normalized spacial score (nSPS) is 28.2. The Hall–Kier alpha value is -1.23. The van der Waals surface area contributed by atoms with Crippen LogP contribution in [-0.2, 0) is 0 Å². The lowest BCUT2D eigenvalue weighted by molar-refractivity contribution is 0.378. The fourth-order valence-corrected chi connectivity index (χ4v) is 2.95. The second-order valence-corrected chi connectivity index (χ2v) is 4.78. The predicted molar refractivity (Wildman–Crippen MR) is 60.9 cm³/mol. The molecule has 0 aromatic carbocycles. The van der Waals surface area contributed by atoms with Crippen LogP contribution >= 0.6 is 0 Å². The Morgan fingerprint density at radius 3 is 3.06 bits per heavy atom. The molecule has 0 radical (unpaired) electrons. The molecule has 1 aromatic heterocycles. The number of nitrogens with zero attached hydrogens (tertiary/aromatic N) is 2. The molecule has 2 aliphatic heterocycles. The van der Waals surface area contributed by atoms with E-state index >= 15 is 0 Å². The van der Waals surface area contributed by atoms with Gasteiger partial charge in [0.05, 0.1) is 6.20 Å². The molecule has 3 nitrogen and oxygen atoms in total. The van der Waals surface area contributed by atoms with Crippen LogP contribution in [0.15, 0.2) is 12.3 Å². The monoisotopic (exact) mass is 239 g/mol. The van der Waals surface area contributed by atoms with Gasteiger partial charge in [-0.25, -0.2) is 13.8 Å². The molecule has 0 bridgehead atoms. The molecule has 92 valence electrons. The van der Waals surface area contributed by atoms with E-state index in [2.05, 4.69) is 10.3 Å². The van der Waals surface area contributed by atoms with Gasteiger partial charge in [-0.05, 0) is 18.8 Å². The minimum absolute atomic E-state index is 0.296. The second kappa shape index (κ2) is 4.22. The van der Waals surface area contributed by atoms with Gasteiger partial charge in [0.1, 0.15) is 5.82 Å². The van der Waals surface area contributed by atoms with Gasteiger partial charge in [-0.3, -0.25) is 0 Å². The van der Waals surface area contributed by atoms with E-state index in [4.69, 9.17) is 0 Å². The molecule has 2 atom stereocenters. The summed E-state index contributed by atoms with van der Waals surface area (Å²) in [5.41, 5.74) is 0. The van der Waals surface area contributed by atoms with Crippen molar-refractivity contribution in [3.05, 3.63) is 23.9 Å². The Morgan fingerprint density at radius 2 is 2.24 bits per heavy atom. The van der Waals surface area contributed by atoms with E-state index < -0.39 is 11.6 Å². The van der Waals surface area contributed by atoms with Gasteiger partial charge < -0.3 is 10.2 Å². The van der Waals surface area contributed by atoms with Crippen LogP contribution in [0.5, 0.6) is 0 Å². The lowest BCUT2D eigenvalue weighted by Crippen LogP contribution is -2.46. The Balaban J connectivity index is 1.91. The van der Waals surface area contributed by atoms with Crippen molar-refractivity contribution < 1.29 is 8.78 Å². The fourth-order valence-electron chi connectivity index (χ4n) is 2.95. The maximum absolute atomic E-state index is 13.7. The third kappa shape index (κ3) is 1.88. The van der Waals surface area contributed by atoms with E-state index in [0.717, 1.165) is 38.3 Å². The van der Waals surface area contributed by atoms with Crippen LogP contribution in [-0.4, -0.2) is 30.7 Å². The first-order valence-corrected chi connectivity index (χ1v) is 6.04. The molecular formula is C12H15F2N3. The summed E-state index contributed by atoms with van der Waals surface area (Å²) in [5, 5.41) is 3.33. The minimum atomic E-state index is -0.621. The molecule has 1 aromatic rings. The second-order valence-electron chi connectivity index (χ2n) is 4.78. The molecule has 3 heterocycles. The van der Waals surface area contributed by atoms with Crippen molar-refractivity contribution in [3.63, 3.8) is 0 Å². The fraction of sp³-hybridized carbons (Fsp3) is 0.583. The first-order chi connectivity index (χ1) is 8.25. The van der Waals surface area contributed by atoms with Crippen LogP contribution < -0.4 is 10.2 Å². The molecule has 2 saturated heterocycles. The molecule has 3 rings (SSSR count). The smallest absolute Gasteiger partial charge is 0.168 e. The van der Waals surface area contributed by atoms with Crippen molar-refractivity contribution in [2.75, 3.05) is 24.5 Å². The summed E-state index contributed by atoms with van der Waals surface area (Å²) in [5.74, 6) is -0.318. The van der Waals surface area contributed by atoms with Crippen molar-refractivity contribution in [3.8, 4) is 0 Å². The Labute approximate surface area is 98.8 Å². The van der Waals surface area contributed by atoms with Gasteiger partial charge in [-0.15, -0.1) is 0 Å². The van der Waals surface area contributed by atoms with Crippen LogP contribution in [0.25, 0.3) is 0 Å². The first kappa shape index (κ1) is 10.9. The van der Waals surface area contributed by atoms with Gasteiger partial charge in [-0.2, -0.15) is 0 Å². The number of piperidine rings is 1. The summed E-state index contributed by atoms with van der Waals surface area (Å²) in [6, 6.07) is 1.21. The molecule has 0 saturated carbocycles. The maximum atomic E-state index is 13.7. The number of pyridine rings is 1. The van der Waals surface area contributed by atoms with Crippen molar-refractivity contribution in [1.82, 2.24) is 10.3 Å². The Kier molecular flexibility index (Phi) is 2.70. The SMILES string of the molecule is Fc1cnc(N2CCCC3CNCC32)c(F)c1. The molecule has 0 aliphatic carbocycles. The lowest BCUT2D eigenvalue weighted by atomic mass is 9.92. The summed E-state index contributed by atoms with van der Waals surface area (Å²) < 4.78 is 26.6. The summed E-state index contributed by atoms with van der Waals surface area (Å²) in [6.07, 6.45) is 3.31. The summed E-state index contributed by atoms with van der Waals surface area (Å²) in [4.78, 5) is 5.90. The number of rotatable bonds is 1. The Bertz CT molecular complexity index is 424. The molecule has 0 spiro atoms. The summed E-state index contributed by atoms with van der Waals surface area (Å²) >= 11 is 0. The highest BCUT2D eigenvalue weighted by Crippen LogP contribution is 2.31. The van der Waals surface area contributed by atoms with Gasteiger partial charge in [0.2, 0.25) is 0 Å². The highest BCUT2D eigenvalue weighted by atomic mass is 19.1. The van der Waals surface area contributed by atoms with Crippen LogP contribution in [0.2, 0.25) is 0 Å². The largest absolute Gasteiger partial charge is 0.350 e. The van der Waals surface area contributed by atoms with Crippen LogP contribution in [0.1, 0.15) is 12.8 Å². The number of fused-ring (bicyclic) bond motifs is 1. The van der Waals surface area contributed by atoms with E-state index in [1.807, 2.05) is 4.90 Å². The van der Waals surface area contributed by atoms with Crippen molar-refractivity contribution in [1.29, 1.82) is 0 Å². The summed E-state index contributed by atoms with van der Waals surface area (Å²) in [7, 11) is 0. The number of halogens is 2. The van der Waals surface area contributed by atoms with Gasteiger partial charge in [0, 0.05) is 31.7 Å². The molecule has 5 heteroatoms. The van der Waals surface area contributed by atoms with Crippen molar-refractivity contribution >= 4 is 5.82 Å². The van der Waals surface area contributed by atoms with Gasteiger partial charge >= 0.3 is 0 Å². The lowest BCUT2D eigenvalue weighted by Gasteiger charge is -2.37. The van der Waals surface area contributed by atoms with E-state index in [1.54, 1.807) is 0 Å². The summed E-state index contributed by atoms with van der Waals surface area (Å²) in [6.45, 7) is 2.66. The predicted octanol–water partition coefficient (Wildman–Crippen LogP) is 1.55. The number of nitrogens with one attached hydrogen (secondary N) is 1. The third-order valence-corrected chi connectivity index (χ3v) is 3.74. The first-order valence-electron chi connectivity index (χ1n) is 6.04. The van der Waals surface area contributed by atoms with Crippen LogP contribution in [0, 0.1) is 17.6 Å². The number of anilines is 1. The zero-order valence-corrected chi connectivity index (χ0v) is 9.50. The average Bonchev–Trinajstić information content (AvgIpc) is 2.77. The van der Waals surface area contributed by atoms with E-state index in [1.165, 1.54) is 6.42 Å². The minimum Gasteiger partial charge on any atom is -0.350 e. The third-order valence-electron chi connectivity index (χ3n) is 3.74. The molecule has 17 heavy (non-hydrogen) atoms. The number of hydrogen-bond acceptors (Lipinski definition) is 3. The van der Waals surface area contributed by atoms with Crippen LogP contribution in [0.4, 0.5) is 14.6 Å². The standard InChI is InChI=1S/C12H15F2N3/c13-9-4-10(14)12(16-6-9)17-3-1-2-8-5-15-7-11(8)17/h4,6,8,11,15H,1-3,5,7H2. The van der Waals surface area contributed by atoms with Crippen molar-refractivity contribution in [2.45, 2.75) is 18.9 Å². The molecule has 2 fully saturated rings. The maximum Gasteiger partial charge on any atom is 0.168 e. The van der Waals surface area contributed by atoms with E-state index in [9.17, 15) is 8.78 Å². The topological polar surface area (TPSA) is 28.2 Å². The molecule has 2 unspecified atom stereocenters. The van der Waals surface area contributed by atoms with Crippen LogP contribution in [0.3, 0.4) is 0 Å². The quantitative estimate of drug-likeness (QED) is 0.806. The van der Waals surface area contributed by atoms with Gasteiger partial charge in [0.25, 0.3) is 0 Å². The van der Waals surface area contributed by atoms with E-state index in [-0.39, 0.29) is 0 Å². The zero-order chi connectivity index (χ0) is 11.8. The van der Waals surface area contributed by atoms with Crippen molar-refractivity contribution in [2.24, 2.45) is 5.92 Å². The average molecular weight is 239 g/mol. The highest BCUT2D eigenvalue weighted by Gasteiger charge is 2.36. The number of aromatic nitrogens is 1. The van der Waals surface area contributed by atoms with Gasteiger partial charge in [0.15, 0.2) is 11.6 Å². The van der Waals surface area contributed by atoms with Gasteiger partial charge in [-0.1, -0.05) is 0 Å². The molecular weight excluding hydrogens is 224 g/mol. The molecule has 1 N–H and O–H groups in total. The Morgan fingerprint density at radius 1 is 1.35 bits per heavy atom. The molecule has 2 aliphatic rings.